The number of aryl methyl sites for hydroxylation is 2. The fourth-order valence-corrected chi connectivity index (χ4v) is 2.95. The van der Waals surface area contributed by atoms with Crippen LogP contribution in [0.1, 0.15) is 35.5 Å². The molecule has 0 spiro atoms. The van der Waals surface area contributed by atoms with Crippen LogP contribution in [0, 0.1) is 19.7 Å². The molecule has 0 saturated heterocycles. The van der Waals surface area contributed by atoms with Crippen molar-refractivity contribution in [3.8, 4) is 0 Å². The molecule has 1 unspecified atom stereocenters. The summed E-state index contributed by atoms with van der Waals surface area (Å²) in [6, 6.07) is 9.61. The second-order valence-electron chi connectivity index (χ2n) is 5.25. The molecule has 1 aromatic carbocycles. The summed E-state index contributed by atoms with van der Waals surface area (Å²) in [4.78, 5) is 4.42. The van der Waals surface area contributed by atoms with Crippen molar-refractivity contribution >= 4 is 15.9 Å². The minimum atomic E-state index is -0.227. The van der Waals surface area contributed by atoms with Crippen molar-refractivity contribution in [3.63, 3.8) is 0 Å². The molecule has 0 bridgehead atoms. The van der Waals surface area contributed by atoms with Gasteiger partial charge in [0, 0.05) is 17.4 Å². The Morgan fingerprint density at radius 1 is 1.19 bits per heavy atom. The molecule has 0 aliphatic heterocycles. The number of hydrogen-bond acceptors (Lipinski definition) is 2. The molecular formula is C17H20BrFN2. The third-order valence-corrected chi connectivity index (χ3v) is 3.99. The predicted molar refractivity (Wildman–Crippen MR) is 87.9 cm³/mol. The second-order valence-corrected chi connectivity index (χ2v) is 6.10. The Bertz CT molecular complexity index is 608. The molecule has 1 heterocycles. The number of pyridine rings is 1. The summed E-state index contributed by atoms with van der Waals surface area (Å²) in [7, 11) is 0. The van der Waals surface area contributed by atoms with E-state index in [1.165, 1.54) is 11.6 Å². The first-order chi connectivity index (χ1) is 9.99. The van der Waals surface area contributed by atoms with E-state index in [1.807, 2.05) is 26.0 Å². The number of rotatable bonds is 5. The molecule has 0 saturated carbocycles. The van der Waals surface area contributed by atoms with Gasteiger partial charge in [-0.05, 0) is 78.1 Å². The molecule has 1 aromatic heterocycles. The van der Waals surface area contributed by atoms with E-state index in [0.717, 1.165) is 29.9 Å². The van der Waals surface area contributed by atoms with E-state index in [4.69, 9.17) is 0 Å². The third kappa shape index (κ3) is 4.35. The quantitative estimate of drug-likeness (QED) is 0.858. The molecule has 2 rings (SSSR count). The number of nitrogens with one attached hydrogen (secondary N) is 1. The van der Waals surface area contributed by atoms with Crippen LogP contribution in [0.25, 0.3) is 0 Å². The summed E-state index contributed by atoms with van der Waals surface area (Å²) in [5.74, 6) is -0.227. The highest BCUT2D eigenvalue weighted by Gasteiger charge is 2.13. The smallest absolute Gasteiger partial charge is 0.137 e. The van der Waals surface area contributed by atoms with E-state index in [1.54, 1.807) is 0 Å². The topological polar surface area (TPSA) is 24.9 Å². The number of aromatic nitrogens is 1. The van der Waals surface area contributed by atoms with Gasteiger partial charge in [-0.2, -0.15) is 0 Å². The number of hydrogen-bond donors (Lipinski definition) is 1. The SMILES string of the molecule is CCNC(Cc1ccc(F)c(Br)c1)c1cc(C)nc(C)c1. The molecule has 0 aliphatic rings. The number of likely N-dealkylation sites (N-methyl/N-ethyl adjacent to an activating group) is 1. The average molecular weight is 351 g/mol. The Kier molecular flexibility index (Phi) is 5.48. The third-order valence-electron chi connectivity index (χ3n) is 3.38. The van der Waals surface area contributed by atoms with Crippen molar-refractivity contribution < 1.29 is 4.39 Å². The van der Waals surface area contributed by atoms with Crippen LogP contribution in [0.15, 0.2) is 34.8 Å². The number of benzene rings is 1. The zero-order valence-electron chi connectivity index (χ0n) is 12.6. The molecule has 0 fully saturated rings. The molecule has 2 aromatic rings. The molecular weight excluding hydrogens is 331 g/mol. The van der Waals surface area contributed by atoms with E-state index >= 15 is 0 Å². The van der Waals surface area contributed by atoms with Crippen LogP contribution in [0.4, 0.5) is 4.39 Å². The van der Waals surface area contributed by atoms with Gasteiger partial charge in [0.1, 0.15) is 5.82 Å². The molecule has 0 aliphatic carbocycles. The fourth-order valence-electron chi connectivity index (χ4n) is 2.52. The highest BCUT2D eigenvalue weighted by molar-refractivity contribution is 9.10. The van der Waals surface area contributed by atoms with Gasteiger partial charge >= 0.3 is 0 Å². The molecule has 2 nitrogen and oxygen atoms in total. The molecule has 1 N–H and O–H groups in total. The number of nitrogens with zero attached hydrogens (tertiary/aromatic N) is 1. The predicted octanol–water partition coefficient (Wildman–Crippen LogP) is 4.49. The van der Waals surface area contributed by atoms with Gasteiger partial charge in [0.15, 0.2) is 0 Å². The normalized spacial score (nSPS) is 12.4. The number of halogens is 2. The molecule has 21 heavy (non-hydrogen) atoms. The van der Waals surface area contributed by atoms with Crippen LogP contribution >= 0.6 is 15.9 Å². The first-order valence-electron chi connectivity index (χ1n) is 7.12. The van der Waals surface area contributed by atoms with Gasteiger partial charge in [0.25, 0.3) is 0 Å². The minimum Gasteiger partial charge on any atom is -0.310 e. The molecule has 1 atom stereocenters. The average Bonchev–Trinajstić information content (AvgIpc) is 2.41. The van der Waals surface area contributed by atoms with Crippen molar-refractivity contribution in [2.45, 2.75) is 33.2 Å². The van der Waals surface area contributed by atoms with Gasteiger partial charge in [0.05, 0.1) is 4.47 Å². The van der Waals surface area contributed by atoms with Gasteiger partial charge < -0.3 is 5.32 Å². The van der Waals surface area contributed by atoms with Crippen LogP contribution in [-0.2, 0) is 6.42 Å². The molecule has 4 heteroatoms. The highest BCUT2D eigenvalue weighted by Crippen LogP contribution is 2.23. The second kappa shape index (κ2) is 7.14. The maximum absolute atomic E-state index is 13.3. The maximum Gasteiger partial charge on any atom is 0.137 e. The van der Waals surface area contributed by atoms with Crippen molar-refractivity contribution in [1.29, 1.82) is 0 Å². The maximum atomic E-state index is 13.3. The van der Waals surface area contributed by atoms with Crippen LogP contribution in [-0.4, -0.2) is 11.5 Å². The Labute approximate surface area is 133 Å². The first-order valence-corrected chi connectivity index (χ1v) is 7.91. The van der Waals surface area contributed by atoms with Gasteiger partial charge in [-0.25, -0.2) is 4.39 Å². The Morgan fingerprint density at radius 2 is 1.86 bits per heavy atom. The van der Waals surface area contributed by atoms with E-state index in [-0.39, 0.29) is 11.9 Å². The van der Waals surface area contributed by atoms with Crippen LogP contribution in [0.2, 0.25) is 0 Å². The minimum absolute atomic E-state index is 0.202. The zero-order chi connectivity index (χ0) is 15.4. The Morgan fingerprint density at radius 3 is 2.43 bits per heavy atom. The zero-order valence-corrected chi connectivity index (χ0v) is 14.2. The largest absolute Gasteiger partial charge is 0.310 e. The van der Waals surface area contributed by atoms with Crippen molar-refractivity contribution in [1.82, 2.24) is 10.3 Å². The van der Waals surface area contributed by atoms with Crippen LogP contribution < -0.4 is 5.32 Å². The summed E-state index contributed by atoms with van der Waals surface area (Å²) >= 11 is 3.25. The lowest BCUT2D eigenvalue weighted by atomic mass is 9.98. The summed E-state index contributed by atoms with van der Waals surface area (Å²) < 4.78 is 13.9. The summed E-state index contributed by atoms with van der Waals surface area (Å²) in [5.41, 5.74) is 4.37. The standard InChI is InChI=1S/C17H20BrFN2/c1-4-20-17(14-7-11(2)21-12(3)8-14)10-13-5-6-16(19)15(18)9-13/h5-9,17,20H,4,10H2,1-3H3. The summed E-state index contributed by atoms with van der Waals surface area (Å²) in [5, 5.41) is 3.50. The van der Waals surface area contributed by atoms with Gasteiger partial charge in [0.2, 0.25) is 0 Å². The fraction of sp³-hybridized carbons (Fsp3) is 0.353. The molecule has 112 valence electrons. The lowest BCUT2D eigenvalue weighted by Gasteiger charge is -2.19. The Hall–Kier alpha value is -1.26. The summed E-state index contributed by atoms with van der Waals surface area (Å²) in [6.07, 6.45) is 0.815. The molecule has 0 radical (unpaired) electrons. The van der Waals surface area contributed by atoms with Crippen molar-refractivity contribution in [3.05, 3.63) is 63.1 Å². The van der Waals surface area contributed by atoms with Gasteiger partial charge in [-0.3, -0.25) is 4.98 Å². The summed E-state index contributed by atoms with van der Waals surface area (Å²) in [6.45, 7) is 6.99. The van der Waals surface area contributed by atoms with E-state index < -0.39 is 0 Å². The van der Waals surface area contributed by atoms with E-state index in [2.05, 4.69) is 45.3 Å². The Balaban J connectivity index is 2.27. The van der Waals surface area contributed by atoms with Crippen molar-refractivity contribution in [2.75, 3.05) is 6.54 Å². The van der Waals surface area contributed by atoms with Crippen LogP contribution in [0.3, 0.4) is 0 Å². The molecule has 0 amide bonds. The lowest BCUT2D eigenvalue weighted by molar-refractivity contribution is 0.547. The highest BCUT2D eigenvalue weighted by atomic mass is 79.9. The van der Waals surface area contributed by atoms with Gasteiger partial charge in [-0.1, -0.05) is 13.0 Å². The van der Waals surface area contributed by atoms with E-state index in [0.29, 0.717) is 4.47 Å². The van der Waals surface area contributed by atoms with Crippen molar-refractivity contribution in [2.24, 2.45) is 0 Å². The van der Waals surface area contributed by atoms with E-state index in [9.17, 15) is 4.39 Å². The van der Waals surface area contributed by atoms with Gasteiger partial charge in [-0.15, -0.1) is 0 Å². The first kappa shape index (κ1) is 16.1. The monoisotopic (exact) mass is 350 g/mol. The lowest BCUT2D eigenvalue weighted by Crippen LogP contribution is -2.23. The van der Waals surface area contributed by atoms with Crippen LogP contribution in [0.5, 0.6) is 0 Å².